The number of hydrogen-bond donors (Lipinski definition) is 1. The van der Waals surface area contributed by atoms with E-state index in [1.807, 2.05) is 0 Å². The second-order valence-corrected chi connectivity index (χ2v) is 6.75. The number of nitrogens with zero attached hydrogens (tertiary/aromatic N) is 1. The molecule has 1 amide bonds. The number of amides is 1. The van der Waals surface area contributed by atoms with Crippen molar-refractivity contribution in [3.8, 4) is 0 Å². The molecule has 2 saturated carbocycles. The Kier molecular flexibility index (Phi) is 5.74. The van der Waals surface area contributed by atoms with Gasteiger partial charge in [-0.3, -0.25) is 4.79 Å². The Morgan fingerprint density at radius 2 is 1.65 bits per heavy atom. The summed E-state index contributed by atoms with van der Waals surface area (Å²) >= 11 is 0. The lowest BCUT2D eigenvalue weighted by atomic mass is 9.83. The zero-order valence-corrected chi connectivity index (χ0v) is 13.5. The lowest BCUT2D eigenvalue weighted by Gasteiger charge is -2.38. The molecule has 3 aliphatic rings. The minimum Gasteiger partial charge on any atom is -0.336 e. The van der Waals surface area contributed by atoms with E-state index in [1.54, 1.807) is 0 Å². The average molecular weight is 301 g/mol. The second-order valence-electron chi connectivity index (χ2n) is 6.75. The van der Waals surface area contributed by atoms with Crippen LogP contribution in [0.15, 0.2) is 0 Å². The maximum atomic E-state index is 12.8. The summed E-state index contributed by atoms with van der Waals surface area (Å²) < 4.78 is 0. The molecule has 0 aromatic carbocycles. The molecule has 1 atom stereocenters. The summed E-state index contributed by atoms with van der Waals surface area (Å²) in [5.41, 5.74) is 0. The molecule has 2 aliphatic carbocycles. The number of rotatable bonds is 4. The van der Waals surface area contributed by atoms with E-state index in [1.165, 1.54) is 44.9 Å². The summed E-state index contributed by atoms with van der Waals surface area (Å²) in [6, 6.07) is 1.15. The van der Waals surface area contributed by atoms with Crippen molar-refractivity contribution in [2.45, 2.75) is 70.4 Å². The molecule has 4 heteroatoms. The molecule has 1 saturated heterocycles. The molecule has 0 radical (unpaired) electrons. The van der Waals surface area contributed by atoms with Gasteiger partial charge in [-0.1, -0.05) is 13.3 Å². The van der Waals surface area contributed by atoms with Gasteiger partial charge in [-0.05, 0) is 57.4 Å². The van der Waals surface area contributed by atoms with Gasteiger partial charge in [-0.25, -0.2) is 0 Å². The molecular formula is C16H29ClN2O. The van der Waals surface area contributed by atoms with Crippen molar-refractivity contribution in [3.63, 3.8) is 0 Å². The molecule has 116 valence electrons. The van der Waals surface area contributed by atoms with Gasteiger partial charge in [-0.15, -0.1) is 12.4 Å². The van der Waals surface area contributed by atoms with Crippen LogP contribution >= 0.6 is 12.4 Å². The SMILES string of the molecule is CCC1CCC(N(C(=O)C2CCNC2)C2CC2)CC1.Cl. The normalized spacial score (nSPS) is 33.5. The van der Waals surface area contributed by atoms with Gasteiger partial charge in [0.1, 0.15) is 0 Å². The zero-order valence-electron chi connectivity index (χ0n) is 12.6. The van der Waals surface area contributed by atoms with Crippen molar-refractivity contribution in [2.24, 2.45) is 11.8 Å². The second kappa shape index (κ2) is 7.13. The minimum absolute atomic E-state index is 0. The van der Waals surface area contributed by atoms with E-state index in [0.717, 1.165) is 25.4 Å². The largest absolute Gasteiger partial charge is 0.336 e. The summed E-state index contributed by atoms with van der Waals surface area (Å²) in [4.78, 5) is 15.1. The Bertz CT molecular complexity index is 318. The predicted octanol–water partition coefficient (Wildman–Crippen LogP) is 2.98. The monoisotopic (exact) mass is 300 g/mol. The first kappa shape index (κ1) is 16.1. The van der Waals surface area contributed by atoms with Crippen molar-refractivity contribution < 1.29 is 4.79 Å². The lowest BCUT2D eigenvalue weighted by Crippen LogP contribution is -2.47. The van der Waals surface area contributed by atoms with Crippen LogP contribution in [-0.2, 0) is 4.79 Å². The van der Waals surface area contributed by atoms with Crippen LogP contribution in [-0.4, -0.2) is 36.0 Å². The third-order valence-electron chi connectivity index (χ3n) is 5.39. The van der Waals surface area contributed by atoms with E-state index in [0.29, 0.717) is 18.0 Å². The van der Waals surface area contributed by atoms with Gasteiger partial charge < -0.3 is 10.2 Å². The van der Waals surface area contributed by atoms with Gasteiger partial charge in [0.05, 0.1) is 5.92 Å². The Morgan fingerprint density at radius 3 is 2.10 bits per heavy atom. The summed E-state index contributed by atoms with van der Waals surface area (Å²) in [7, 11) is 0. The third kappa shape index (κ3) is 3.48. The maximum Gasteiger partial charge on any atom is 0.227 e. The Morgan fingerprint density at radius 1 is 1.05 bits per heavy atom. The van der Waals surface area contributed by atoms with Crippen LogP contribution in [0.4, 0.5) is 0 Å². The number of carbonyl (C=O) groups excluding carboxylic acids is 1. The smallest absolute Gasteiger partial charge is 0.227 e. The van der Waals surface area contributed by atoms with E-state index in [-0.39, 0.29) is 18.3 Å². The lowest BCUT2D eigenvalue weighted by molar-refractivity contribution is -0.139. The zero-order chi connectivity index (χ0) is 13.2. The molecule has 1 aliphatic heterocycles. The Hall–Kier alpha value is -0.280. The van der Waals surface area contributed by atoms with Crippen LogP contribution in [0, 0.1) is 11.8 Å². The van der Waals surface area contributed by atoms with E-state index >= 15 is 0 Å². The van der Waals surface area contributed by atoms with Gasteiger partial charge in [-0.2, -0.15) is 0 Å². The fraction of sp³-hybridized carbons (Fsp3) is 0.938. The molecule has 3 rings (SSSR count). The Labute approximate surface area is 129 Å². The highest BCUT2D eigenvalue weighted by Crippen LogP contribution is 2.37. The molecule has 0 bridgehead atoms. The summed E-state index contributed by atoms with van der Waals surface area (Å²) in [5.74, 6) is 1.65. The minimum atomic E-state index is 0. The molecule has 0 aromatic heterocycles. The van der Waals surface area contributed by atoms with Crippen molar-refractivity contribution in [1.29, 1.82) is 0 Å². The van der Waals surface area contributed by atoms with Gasteiger partial charge in [0.25, 0.3) is 0 Å². The number of carbonyl (C=O) groups is 1. The highest BCUT2D eigenvalue weighted by atomic mass is 35.5. The first-order valence-electron chi connectivity index (χ1n) is 8.32. The molecule has 0 aromatic rings. The van der Waals surface area contributed by atoms with Crippen LogP contribution in [0.25, 0.3) is 0 Å². The highest BCUT2D eigenvalue weighted by molar-refractivity contribution is 5.85. The van der Waals surface area contributed by atoms with Crippen LogP contribution in [0.1, 0.15) is 58.3 Å². The van der Waals surface area contributed by atoms with Crippen LogP contribution in [0.5, 0.6) is 0 Å². The summed E-state index contributed by atoms with van der Waals surface area (Å²) in [5, 5.41) is 3.34. The van der Waals surface area contributed by atoms with E-state index in [9.17, 15) is 4.79 Å². The van der Waals surface area contributed by atoms with Gasteiger partial charge >= 0.3 is 0 Å². The van der Waals surface area contributed by atoms with Crippen LogP contribution in [0.3, 0.4) is 0 Å². The quantitative estimate of drug-likeness (QED) is 0.866. The van der Waals surface area contributed by atoms with Crippen molar-refractivity contribution in [3.05, 3.63) is 0 Å². The van der Waals surface area contributed by atoms with E-state index < -0.39 is 0 Å². The third-order valence-corrected chi connectivity index (χ3v) is 5.39. The standard InChI is InChI=1S/C16H28N2O.ClH/c1-2-12-3-5-14(6-4-12)18(15-7-8-15)16(19)13-9-10-17-11-13;/h12-15,17H,2-11H2,1H3;1H. The van der Waals surface area contributed by atoms with E-state index in [2.05, 4.69) is 17.1 Å². The van der Waals surface area contributed by atoms with Crippen molar-refractivity contribution in [1.82, 2.24) is 10.2 Å². The molecule has 0 spiro atoms. The first-order chi connectivity index (χ1) is 9.29. The topological polar surface area (TPSA) is 32.3 Å². The Balaban J connectivity index is 0.00000147. The van der Waals surface area contributed by atoms with Gasteiger partial charge in [0, 0.05) is 18.6 Å². The molecule has 3 fully saturated rings. The fourth-order valence-corrected chi connectivity index (χ4v) is 3.92. The molecule has 1 unspecified atom stereocenters. The molecular weight excluding hydrogens is 272 g/mol. The van der Waals surface area contributed by atoms with Crippen LogP contribution < -0.4 is 5.32 Å². The van der Waals surface area contributed by atoms with E-state index in [4.69, 9.17) is 0 Å². The maximum absolute atomic E-state index is 12.8. The van der Waals surface area contributed by atoms with Crippen molar-refractivity contribution >= 4 is 18.3 Å². The van der Waals surface area contributed by atoms with Gasteiger partial charge in [0.15, 0.2) is 0 Å². The summed E-state index contributed by atoms with van der Waals surface area (Å²) in [6.45, 7) is 4.24. The summed E-state index contributed by atoms with van der Waals surface area (Å²) in [6.07, 6.45) is 10.0. The highest BCUT2D eigenvalue weighted by Gasteiger charge is 2.41. The van der Waals surface area contributed by atoms with Crippen molar-refractivity contribution in [2.75, 3.05) is 13.1 Å². The average Bonchev–Trinajstić information content (AvgIpc) is 3.12. The van der Waals surface area contributed by atoms with Gasteiger partial charge in [0.2, 0.25) is 5.91 Å². The first-order valence-corrected chi connectivity index (χ1v) is 8.32. The molecule has 3 nitrogen and oxygen atoms in total. The molecule has 1 heterocycles. The molecule has 1 N–H and O–H groups in total. The predicted molar refractivity (Wildman–Crippen MR) is 84.1 cm³/mol. The number of nitrogens with one attached hydrogen (secondary N) is 1. The number of halogens is 1. The molecule has 20 heavy (non-hydrogen) atoms. The van der Waals surface area contributed by atoms with Crippen LogP contribution in [0.2, 0.25) is 0 Å². The number of hydrogen-bond acceptors (Lipinski definition) is 2. The fourth-order valence-electron chi connectivity index (χ4n) is 3.92.